The number of piperazine rings is 1. The lowest BCUT2D eigenvalue weighted by molar-refractivity contribution is -0.384. The second-order valence-corrected chi connectivity index (χ2v) is 7.31. The summed E-state index contributed by atoms with van der Waals surface area (Å²) in [6.07, 6.45) is 0. The molecule has 1 N–H and O–H groups in total. The van der Waals surface area contributed by atoms with Gasteiger partial charge in [0, 0.05) is 31.2 Å². The molecular formula is C12H16ClN3O4S. The first kappa shape index (κ1) is 16.2. The molecule has 1 aliphatic heterocycles. The van der Waals surface area contributed by atoms with Gasteiger partial charge in [0.25, 0.3) is 5.69 Å². The van der Waals surface area contributed by atoms with E-state index < -0.39 is 20.6 Å². The number of rotatable bonds is 3. The molecule has 1 aromatic carbocycles. The number of nitro benzene ring substituents is 1. The van der Waals surface area contributed by atoms with Crippen molar-refractivity contribution in [2.45, 2.75) is 30.8 Å². The fraction of sp³-hybridized carbons (Fsp3) is 0.500. The zero-order valence-corrected chi connectivity index (χ0v) is 13.2. The summed E-state index contributed by atoms with van der Waals surface area (Å²) < 4.78 is 26.8. The number of hydrogen-bond donors (Lipinski definition) is 1. The summed E-state index contributed by atoms with van der Waals surface area (Å²) in [5, 5.41) is 14.0. The zero-order valence-electron chi connectivity index (χ0n) is 11.6. The third kappa shape index (κ3) is 3.03. The van der Waals surface area contributed by atoms with E-state index in [1.165, 1.54) is 16.4 Å². The van der Waals surface area contributed by atoms with Crippen LogP contribution in [0.25, 0.3) is 0 Å². The minimum absolute atomic E-state index is 0.0830. The summed E-state index contributed by atoms with van der Waals surface area (Å²) in [6.45, 7) is 4.67. The Bertz CT molecular complexity index is 654. The van der Waals surface area contributed by atoms with Crippen molar-refractivity contribution in [3.05, 3.63) is 33.3 Å². The number of hydrogen-bond acceptors (Lipinski definition) is 5. The number of sulfonamides is 1. The maximum absolute atomic E-state index is 12.7. The van der Waals surface area contributed by atoms with Crippen molar-refractivity contribution >= 4 is 27.3 Å². The molecule has 1 aromatic rings. The van der Waals surface area contributed by atoms with Crippen LogP contribution in [0.1, 0.15) is 13.8 Å². The second kappa shape index (κ2) is 5.88. The highest BCUT2D eigenvalue weighted by atomic mass is 35.5. The molecule has 1 saturated heterocycles. The maximum atomic E-state index is 12.7. The smallest absolute Gasteiger partial charge is 0.289 e. The molecule has 0 aliphatic carbocycles. The predicted octanol–water partition coefficient (Wildman–Crippen LogP) is 1.62. The number of halogens is 1. The molecular weight excluding hydrogens is 318 g/mol. The Hall–Kier alpha value is -1.22. The third-order valence-electron chi connectivity index (χ3n) is 3.44. The summed E-state index contributed by atoms with van der Waals surface area (Å²) in [5.74, 6) is 0. The molecule has 2 rings (SSSR count). The van der Waals surface area contributed by atoms with E-state index in [2.05, 4.69) is 5.32 Å². The average Bonchev–Trinajstić information content (AvgIpc) is 2.38. The van der Waals surface area contributed by atoms with Gasteiger partial charge in [0.05, 0.1) is 9.82 Å². The fourth-order valence-corrected chi connectivity index (χ4v) is 4.53. The second-order valence-electron chi connectivity index (χ2n) is 5.06. The Morgan fingerprint density at radius 1 is 1.33 bits per heavy atom. The largest absolute Gasteiger partial charge is 0.314 e. The lowest BCUT2D eigenvalue weighted by Crippen LogP contribution is -2.57. The Morgan fingerprint density at radius 3 is 2.43 bits per heavy atom. The third-order valence-corrected chi connectivity index (χ3v) is 5.88. The molecule has 2 unspecified atom stereocenters. The number of nitrogens with zero attached hydrogens (tertiary/aromatic N) is 2. The predicted molar refractivity (Wildman–Crippen MR) is 78.9 cm³/mol. The van der Waals surface area contributed by atoms with Crippen LogP contribution in [0.15, 0.2) is 23.1 Å². The van der Waals surface area contributed by atoms with Gasteiger partial charge in [-0.05, 0) is 26.0 Å². The minimum Gasteiger partial charge on any atom is -0.314 e. The summed E-state index contributed by atoms with van der Waals surface area (Å²) >= 11 is 5.72. The van der Waals surface area contributed by atoms with Gasteiger partial charge in [-0.25, -0.2) is 8.42 Å². The van der Waals surface area contributed by atoms with E-state index in [1.807, 2.05) is 0 Å². The van der Waals surface area contributed by atoms with Crippen LogP contribution in [0.5, 0.6) is 0 Å². The van der Waals surface area contributed by atoms with Crippen molar-refractivity contribution in [3.8, 4) is 0 Å². The molecule has 1 aliphatic rings. The Balaban J connectivity index is 2.48. The SMILES string of the molecule is CC1CNCC(C)N1S(=O)(=O)c1ccc(Cl)c([N+](=O)[O-])c1. The van der Waals surface area contributed by atoms with Gasteiger partial charge in [0.2, 0.25) is 10.0 Å². The van der Waals surface area contributed by atoms with E-state index in [0.717, 1.165) is 6.07 Å². The van der Waals surface area contributed by atoms with Gasteiger partial charge in [0.1, 0.15) is 5.02 Å². The summed E-state index contributed by atoms with van der Waals surface area (Å²) in [5.41, 5.74) is -0.409. The first-order chi connectivity index (χ1) is 9.75. The molecule has 0 spiro atoms. The molecule has 0 aromatic heterocycles. The molecule has 21 heavy (non-hydrogen) atoms. The van der Waals surface area contributed by atoms with Crippen LogP contribution in [0.3, 0.4) is 0 Å². The lowest BCUT2D eigenvalue weighted by Gasteiger charge is -2.38. The van der Waals surface area contributed by atoms with E-state index in [-0.39, 0.29) is 22.0 Å². The van der Waals surface area contributed by atoms with Crippen LogP contribution in [0.2, 0.25) is 5.02 Å². The Labute approximate surface area is 128 Å². The molecule has 116 valence electrons. The van der Waals surface area contributed by atoms with E-state index in [0.29, 0.717) is 13.1 Å². The van der Waals surface area contributed by atoms with E-state index in [9.17, 15) is 18.5 Å². The van der Waals surface area contributed by atoms with Crippen molar-refractivity contribution < 1.29 is 13.3 Å². The van der Waals surface area contributed by atoms with Crippen molar-refractivity contribution in [1.29, 1.82) is 0 Å². The lowest BCUT2D eigenvalue weighted by atomic mass is 10.2. The summed E-state index contributed by atoms with van der Waals surface area (Å²) in [7, 11) is -3.80. The quantitative estimate of drug-likeness (QED) is 0.670. The van der Waals surface area contributed by atoms with Crippen LogP contribution in [0, 0.1) is 10.1 Å². The van der Waals surface area contributed by atoms with Crippen molar-refractivity contribution in [3.63, 3.8) is 0 Å². The van der Waals surface area contributed by atoms with Crippen LogP contribution in [-0.4, -0.2) is 42.8 Å². The molecule has 9 heteroatoms. The average molecular weight is 334 g/mol. The molecule has 1 fully saturated rings. The molecule has 0 radical (unpaired) electrons. The van der Waals surface area contributed by atoms with Gasteiger partial charge >= 0.3 is 0 Å². The van der Waals surface area contributed by atoms with Gasteiger partial charge in [-0.1, -0.05) is 11.6 Å². The van der Waals surface area contributed by atoms with Crippen LogP contribution < -0.4 is 5.32 Å². The fourth-order valence-electron chi connectivity index (χ4n) is 2.50. The van der Waals surface area contributed by atoms with Gasteiger partial charge < -0.3 is 5.32 Å². The number of nitro groups is 1. The highest BCUT2D eigenvalue weighted by Gasteiger charge is 2.36. The Morgan fingerprint density at radius 2 is 1.90 bits per heavy atom. The zero-order chi connectivity index (χ0) is 15.8. The standard InChI is InChI=1S/C12H16ClN3O4S/c1-8-6-14-7-9(2)15(8)21(19,20)10-3-4-11(13)12(5-10)16(17)18/h3-5,8-9,14H,6-7H2,1-2H3. The molecule has 7 nitrogen and oxygen atoms in total. The van der Waals surface area contributed by atoms with Crippen LogP contribution >= 0.6 is 11.6 Å². The van der Waals surface area contributed by atoms with E-state index >= 15 is 0 Å². The molecule has 0 bridgehead atoms. The number of benzene rings is 1. The van der Waals surface area contributed by atoms with Crippen molar-refractivity contribution in [2.75, 3.05) is 13.1 Å². The first-order valence-corrected chi connectivity index (χ1v) is 8.25. The monoisotopic (exact) mass is 333 g/mol. The topological polar surface area (TPSA) is 92.6 Å². The minimum atomic E-state index is -3.80. The van der Waals surface area contributed by atoms with Crippen LogP contribution in [0.4, 0.5) is 5.69 Å². The van der Waals surface area contributed by atoms with Crippen molar-refractivity contribution in [1.82, 2.24) is 9.62 Å². The van der Waals surface area contributed by atoms with E-state index in [4.69, 9.17) is 11.6 Å². The summed E-state index contributed by atoms with van der Waals surface area (Å²) in [6, 6.07) is 3.09. The van der Waals surface area contributed by atoms with Crippen LogP contribution in [-0.2, 0) is 10.0 Å². The molecule has 0 saturated carbocycles. The van der Waals surface area contributed by atoms with Gasteiger partial charge in [0.15, 0.2) is 0 Å². The summed E-state index contributed by atoms with van der Waals surface area (Å²) in [4.78, 5) is 10.1. The molecule has 1 heterocycles. The van der Waals surface area contributed by atoms with Gasteiger partial charge in [-0.15, -0.1) is 0 Å². The molecule has 2 atom stereocenters. The highest BCUT2D eigenvalue weighted by molar-refractivity contribution is 7.89. The normalized spacial score (nSPS) is 24.0. The van der Waals surface area contributed by atoms with Gasteiger partial charge in [-0.3, -0.25) is 10.1 Å². The number of nitrogens with one attached hydrogen (secondary N) is 1. The first-order valence-electron chi connectivity index (χ1n) is 6.43. The maximum Gasteiger partial charge on any atom is 0.289 e. The molecule has 0 amide bonds. The highest BCUT2D eigenvalue weighted by Crippen LogP contribution is 2.30. The van der Waals surface area contributed by atoms with E-state index in [1.54, 1.807) is 13.8 Å². The van der Waals surface area contributed by atoms with Crippen molar-refractivity contribution in [2.24, 2.45) is 0 Å². The van der Waals surface area contributed by atoms with Gasteiger partial charge in [-0.2, -0.15) is 4.31 Å². The Kier molecular flexibility index (Phi) is 4.52.